The van der Waals surface area contributed by atoms with E-state index in [2.05, 4.69) is 6.58 Å². The van der Waals surface area contributed by atoms with E-state index >= 15 is 0 Å². The molecule has 0 aromatic carbocycles. The van der Waals surface area contributed by atoms with E-state index in [1.807, 2.05) is 84.9 Å². The van der Waals surface area contributed by atoms with E-state index in [0.29, 0.717) is 6.61 Å². The van der Waals surface area contributed by atoms with Crippen molar-refractivity contribution in [2.75, 3.05) is 6.61 Å². The molecule has 2 heteroatoms. The van der Waals surface area contributed by atoms with Crippen LogP contribution in [-0.2, 0) is 4.74 Å². The van der Waals surface area contributed by atoms with Gasteiger partial charge in [-0.3, -0.25) is 0 Å². The van der Waals surface area contributed by atoms with Gasteiger partial charge in [-0.05, 0) is 38.5 Å². The Kier molecular flexibility index (Phi) is 24.3. The first-order chi connectivity index (χ1) is 10.7. The smallest absolute Gasteiger partial charge is 0.115 e. The molecule has 0 unspecified atom stereocenters. The minimum Gasteiger partial charge on any atom is -0.489 e. The van der Waals surface area contributed by atoms with E-state index < -0.39 is 0 Å². The van der Waals surface area contributed by atoms with Crippen molar-refractivity contribution < 1.29 is 4.74 Å². The minimum atomic E-state index is 0.435. The number of rotatable bonds is 7. The molecule has 0 aliphatic carbocycles. The van der Waals surface area contributed by atoms with Crippen molar-refractivity contribution >= 4 is 0 Å². The van der Waals surface area contributed by atoms with Gasteiger partial charge in [0.15, 0.2) is 0 Å². The van der Waals surface area contributed by atoms with Gasteiger partial charge in [-0.15, -0.1) is 0 Å². The molecule has 0 aromatic heterocycles. The molecule has 0 aliphatic heterocycles. The van der Waals surface area contributed by atoms with Crippen molar-refractivity contribution in [3.8, 4) is 0 Å². The molecular weight excluding hydrogens is 270 g/mol. The number of allylic oxidation sites excluding steroid dienone is 7. The van der Waals surface area contributed by atoms with Crippen molar-refractivity contribution in [2.24, 2.45) is 5.73 Å². The van der Waals surface area contributed by atoms with E-state index in [-0.39, 0.29) is 0 Å². The van der Waals surface area contributed by atoms with Gasteiger partial charge in [0.1, 0.15) is 12.4 Å². The zero-order valence-electron chi connectivity index (χ0n) is 15.5. The van der Waals surface area contributed by atoms with Gasteiger partial charge in [-0.25, -0.2) is 0 Å². The number of nitrogens with two attached hydrogens (primary N) is 1. The Labute approximate surface area is 138 Å². The molecule has 0 fully saturated rings. The first-order valence-electron chi connectivity index (χ1n) is 8.01. The molecule has 0 atom stereocenters. The highest BCUT2D eigenvalue weighted by atomic mass is 16.5. The topological polar surface area (TPSA) is 35.2 Å². The van der Waals surface area contributed by atoms with Gasteiger partial charge in [-0.2, -0.15) is 0 Å². The molecule has 22 heavy (non-hydrogen) atoms. The number of ether oxygens (including phenoxy) is 1. The number of hydrogen-bond donors (Lipinski definition) is 1. The molecule has 0 heterocycles. The van der Waals surface area contributed by atoms with Crippen LogP contribution in [0.4, 0.5) is 0 Å². The SMILES string of the molecule is C=C/C=C(\C=C/C)C(=C\N)/COC(/C=C\C)=C/C.CC.CC. The lowest BCUT2D eigenvalue weighted by atomic mass is 10.1. The Morgan fingerprint density at radius 3 is 1.91 bits per heavy atom. The molecule has 2 N–H and O–H groups in total. The Hall–Kier alpha value is -1.96. The van der Waals surface area contributed by atoms with Gasteiger partial charge in [0.05, 0.1) is 0 Å². The maximum absolute atomic E-state index is 5.68. The zero-order chi connectivity index (χ0) is 17.8. The molecule has 0 saturated carbocycles. The second kappa shape index (κ2) is 21.3. The largest absolute Gasteiger partial charge is 0.489 e. The van der Waals surface area contributed by atoms with Crippen molar-refractivity contribution in [3.05, 3.63) is 72.2 Å². The van der Waals surface area contributed by atoms with E-state index in [9.17, 15) is 0 Å². The third-order valence-electron chi connectivity index (χ3n) is 2.23. The quantitative estimate of drug-likeness (QED) is 0.458. The second-order valence-corrected chi connectivity index (χ2v) is 3.53. The van der Waals surface area contributed by atoms with Crippen LogP contribution in [0.15, 0.2) is 72.2 Å². The van der Waals surface area contributed by atoms with Crippen molar-refractivity contribution in [3.63, 3.8) is 0 Å². The molecular formula is C20H35NO. The molecule has 0 aliphatic rings. The van der Waals surface area contributed by atoms with Crippen LogP contribution in [0.25, 0.3) is 0 Å². The maximum atomic E-state index is 5.68. The van der Waals surface area contributed by atoms with Crippen molar-refractivity contribution in [2.45, 2.75) is 48.5 Å². The molecule has 0 amide bonds. The van der Waals surface area contributed by atoms with Crippen molar-refractivity contribution in [1.29, 1.82) is 0 Å². The van der Waals surface area contributed by atoms with Crippen LogP contribution in [0.5, 0.6) is 0 Å². The van der Waals surface area contributed by atoms with E-state index in [1.165, 1.54) is 0 Å². The van der Waals surface area contributed by atoms with Crippen LogP contribution in [0.3, 0.4) is 0 Å². The van der Waals surface area contributed by atoms with Gasteiger partial charge in [0, 0.05) is 11.8 Å². The minimum absolute atomic E-state index is 0.435. The Morgan fingerprint density at radius 2 is 1.55 bits per heavy atom. The average molecular weight is 306 g/mol. The van der Waals surface area contributed by atoms with Crippen molar-refractivity contribution in [1.82, 2.24) is 0 Å². The van der Waals surface area contributed by atoms with E-state index in [4.69, 9.17) is 10.5 Å². The summed E-state index contributed by atoms with van der Waals surface area (Å²) in [5, 5.41) is 0. The van der Waals surface area contributed by atoms with E-state index in [1.54, 1.807) is 12.3 Å². The number of hydrogen-bond acceptors (Lipinski definition) is 2. The molecule has 0 aromatic rings. The summed E-state index contributed by atoms with van der Waals surface area (Å²) in [7, 11) is 0. The lowest BCUT2D eigenvalue weighted by molar-refractivity contribution is 0.254. The summed E-state index contributed by atoms with van der Waals surface area (Å²) in [6.45, 7) is 18.0. The standard InChI is InChI=1S/C16H23NO.2C2H6/c1-5-9-14(10-6-2)15(12-17)13-18-16(8-4)11-7-3;2*1-2/h5-12H,1,13,17H2,2-4H3;2*1-2H3/b10-6-,11-7-,14-9+,15-12-,16-8+;;. The van der Waals surface area contributed by atoms with Crippen LogP contribution in [0, 0.1) is 0 Å². The third kappa shape index (κ3) is 13.0. The fraction of sp³-hybridized carbons (Fsp3) is 0.400. The lowest BCUT2D eigenvalue weighted by Gasteiger charge is -2.10. The van der Waals surface area contributed by atoms with Crippen LogP contribution < -0.4 is 5.73 Å². The van der Waals surface area contributed by atoms with Gasteiger partial charge in [0.25, 0.3) is 0 Å². The molecule has 126 valence electrons. The average Bonchev–Trinajstić information content (AvgIpc) is 2.58. The lowest BCUT2D eigenvalue weighted by Crippen LogP contribution is -2.02. The fourth-order valence-corrected chi connectivity index (χ4v) is 1.36. The van der Waals surface area contributed by atoms with Crippen LogP contribution in [-0.4, -0.2) is 6.61 Å². The monoisotopic (exact) mass is 305 g/mol. The van der Waals surface area contributed by atoms with Crippen LogP contribution in [0.2, 0.25) is 0 Å². The Morgan fingerprint density at radius 1 is 1.00 bits per heavy atom. The van der Waals surface area contributed by atoms with Crippen LogP contribution >= 0.6 is 0 Å². The second-order valence-electron chi connectivity index (χ2n) is 3.53. The van der Waals surface area contributed by atoms with Crippen LogP contribution in [0.1, 0.15) is 48.5 Å². The third-order valence-corrected chi connectivity index (χ3v) is 2.23. The highest BCUT2D eigenvalue weighted by Crippen LogP contribution is 2.14. The summed E-state index contributed by atoms with van der Waals surface area (Å²) in [5.74, 6) is 0.829. The first-order valence-corrected chi connectivity index (χ1v) is 8.01. The summed E-state index contributed by atoms with van der Waals surface area (Å²) >= 11 is 0. The highest BCUT2D eigenvalue weighted by molar-refractivity contribution is 5.41. The van der Waals surface area contributed by atoms with E-state index in [0.717, 1.165) is 16.9 Å². The highest BCUT2D eigenvalue weighted by Gasteiger charge is 2.02. The summed E-state index contributed by atoms with van der Waals surface area (Å²) in [6, 6.07) is 0. The maximum Gasteiger partial charge on any atom is 0.115 e. The van der Waals surface area contributed by atoms with Gasteiger partial charge < -0.3 is 10.5 Å². The predicted molar refractivity (Wildman–Crippen MR) is 103 cm³/mol. The first kappa shape index (κ1) is 25.0. The van der Waals surface area contributed by atoms with Gasteiger partial charge >= 0.3 is 0 Å². The summed E-state index contributed by atoms with van der Waals surface area (Å²) in [5.41, 5.74) is 7.58. The summed E-state index contributed by atoms with van der Waals surface area (Å²) in [6.07, 6.45) is 14.9. The molecule has 0 spiro atoms. The normalized spacial score (nSPS) is 12.4. The summed E-state index contributed by atoms with van der Waals surface area (Å²) in [4.78, 5) is 0. The summed E-state index contributed by atoms with van der Waals surface area (Å²) < 4.78 is 5.68. The fourth-order valence-electron chi connectivity index (χ4n) is 1.36. The molecule has 2 nitrogen and oxygen atoms in total. The zero-order valence-corrected chi connectivity index (χ0v) is 15.5. The molecule has 0 saturated heterocycles. The molecule has 0 radical (unpaired) electrons. The predicted octanol–water partition coefficient (Wildman–Crippen LogP) is 6.07. The molecule has 0 bridgehead atoms. The van der Waals surface area contributed by atoms with Gasteiger partial charge in [-0.1, -0.05) is 64.7 Å². The Bertz CT molecular complexity index is 396. The molecule has 0 rings (SSSR count). The Balaban J connectivity index is -0.000000826. The van der Waals surface area contributed by atoms with Gasteiger partial charge in [0.2, 0.25) is 0 Å².